The number of aromatic nitrogens is 3. The van der Waals surface area contributed by atoms with Crippen molar-refractivity contribution in [1.82, 2.24) is 15.1 Å². The number of nitrogens with one attached hydrogen (secondary N) is 2. The van der Waals surface area contributed by atoms with Gasteiger partial charge in [-0.05, 0) is 22.0 Å². The molecule has 8 heteroatoms. The largest absolute Gasteiger partial charge is 0.439 e. The van der Waals surface area contributed by atoms with Crippen molar-refractivity contribution < 1.29 is 13.3 Å². The molecule has 2 aromatic heterocycles. The summed E-state index contributed by atoms with van der Waals surface area (Å²) in [4.78, 5) is 15.9. The van der Waals surface area contributed by atoms with Crippen LogP contribution in [-0.2, 0) is 0 Å². The third-order valence-corrected chi connectivity index (χ3v) is 3.23. The first kappa shape index (κ1) is 11.1. The zero-order valence-electron chi connectivity index (χ0n) is 8.55. The molecule has 92 valence electrons. The summed E-state index contributed by atoms with van der Waals surface area (Å²) >= 11 is 2.82. The first-order chi connectivity index (χ1) is 8.58. The smallest absolute Gasteiger partial charge is 0.360 e. The number of fused-ring (bicyclic) bond motifs is 1. The molecule has 3 rings (SSSR count). The Labute approximate surface area is 106 Å². The van der Waals surface area contributed by atoms with E-state index in [1.807, 2.05) is 0 Å². The van der Waals surface area contributed by atoms with Gasteiger partial charge in [0.15, 0.2) is 5.82 Å². The molecule has 3 aromatic rings. The average Bonchev–Trinajstić information content (AvgIpc) is 2.92. The molecule has 0 spiro atoms. The minimum absolute atomic E-state index is 0.0728. The van der Waals surface area contributed by atoms with Crippen molar-refractivity contribution >= 4 is 26.8 Å². The third kappa shape index (κ3) is 1.49. The van der Waals surface area contributed by atoms with E-state index >= 15 is 0 Å². The van der Waals surface area contributed by atoms with Gasteiger partial charge in [-0.15, -0.1) is 0 Å². The van der Waals surface area contributed by atoms with Crippen LogP contribution in [0.5, 0.6) is 0 Å². The average molecular weight is 316 g/mol. The van der Waals surface area contributed by atoms with E-state index in [2.05, 4.69) is 35.6 Å². The summed E-state index contributed by atoms with van der Waals surface area (Å²) in [5, 5.41) is 3.58. The highest BCUT2D eigenvalue weighted by Crippen LogP contribution is 2.33. The predicted molar refractivity (Wildman–Crippen MR) is 62.0 cm³/mol. The van der Waals surface area contributed by atoms with Crippen molar-refractivity contribution in [2.75, 3.05) is 0 Å². The van der Waals surface area contributed by atoms with Gasteiger partial charge >= 0.3 is 5.76 Å². The number of hydrogen-bond donors (Lipinski definition) is 2. The van der Waals surface area contributed by atoms with Gasteiger partial charge in [0, 0.05) is 17.1 Å². The van der Waals surface area contributed by atoms with Crippen molar-refractivity contribution in [2.45, 2.75) is 0 Å². The third-order valence-electron chi connectivity index (χ3n) is 2.50. The molecule has 0 aliphatic carbocycles. The van der Waals surface area contributed by atoms with Crippen molar-refractivity contribution in [3.63, 3.8) is 0 Å². The maximum atomic E-state index is 14.0. The number of benzene rings is 1. The van der Waals surface area contributed by atoms with Crippen molar-refractivity contribution in [3.05, 3.63) is 38.9 Å². The van der Waals surface area contributed by atoms with E-state index in [4.69, 9.17) is 0 Å². The second kappa shape index (κ2) is 3.77. The molecule has 0 saturated carbocycles. The van der Waals surface area contributed by atoms with Gasteiger partial charge in [-0.2, -0.15) is 0 Å². The summed E-state index contributed by atoms with van der Waals surface area (Å²) in [6.07, 6.45) is 1.41. The van der Waals surface area contributed by atoms with Crippen molar-refractivity contribution in [2.24, 2.45) is 0 Å². The van der Waals surface area contributed by atoms with Crippen LogP contribution >= 0.6 is 15.9 Å². The number of aromatic amines is 2. The van der Waals surface area contributed by atoms with E-state index < -0.39 is 17.4 Å². The van der Waals surface area contributed by atoms with E-state index in [0.29, 0.717) is 0 Å². The lowest BCUT2D eigenvalue weighted by Crippen LogP contribution is -1.95. The van der Waals surface area contributed by atoms with Crippen LogP contribution in [0.4, 0.5) is 8.78 Å². The summed E-state index contributed by atoms with van der Waals surface area (Å²) < 4.78 is 31.4. The molecule has 1 aromatic carbocycles. The number of H-pyrrole nitrogens is 2. The number of hydrogen-bond acceptors (Lipinski definition) is 3. The van der Waals surface area contributed by atoms with Crippen molar-refractivity contribution in [3.8, 4) is 11.4 Å². The van der Waals surface area contributed by atoms with Gasteiger partial charge in [0.1, 0.15) is 11.6 Å². The normalized spacial score (nSPS) is 11.3. The van der Waals surface area contributed by atoms with E-state index in [9.17, 15) is 13.6 Å². The highest BCUT2D eigenvalue weighted by molar-refractivity contribution is 9.10. The molecule has 0 saturated heterocycles. The molecule has 0 aliphatic heterocycles. The van der Waals surface area contributed by atoms with E-state index in [1.54, 1.807) is 0 Å². The molecular weight excluding hydrogens is 312 g/mol. The Bertz CT molecular complexity index is 805. The van der Waals surface area contributed by atoms with Gasteiger partial charge in [0.2, 0.25) is 0 Å². The van der Waals surface area contributed by atoms with Gasteiger partial charge in [-0.3, -0.25) is 9.51 Å². The molecule has 0 bridgehead atoms. The minimum Gasteiger partial charge on any atom is -0.360 e. The Kier molecular flexibility index (Phi) is 2.34. The molecule has 5 nitrogen and oxygen atoms in total. The Morgan fingerprint density at radius 1 is 1.39 bits per heavy atom. The lowest BCUT2D eigenvalue weighted by Gasteiger charge is -2.00. The van der Waals surface area contributed by atoms with Gasteiger partial charge in [-0.1, -0.05) is 5.16 Å². The quantitative estimate of drug-likeness (QED) is 0.678. The lowest BCUT2D eigenvalue weighted by molar-refractivity contribution is 0.388. The molecule has 0 radical (unpaired) electrons. The van der Waals surface area contributed by atoms with Crippen LogP contribution in [0.2, 0.25) is 0 Å². The maximum Gasteiger partial charge on any atom is 0.439 e. The fourth-order valence-electron chi connectivity index (χ4n) is 1.73. The highest BCUT2D eigenvalue weighted by atomic mass is 79.9. The molecular formula is C10H4BrF2N3O2. The second-order valence-corrected chi connectivity index (χ2v) is 4.35. The summed E-state index contributed by atoms with van der Waals surface area (Å²) in [7, 11) is 0. The number of rotatable bonds is 1. The molecule has 0 amide bonds. The number of halogens is 3. The number of nitrogens with zero attached hydrogens (tertiary/aromatic N) is 1. The van der Waals surface area contributed by atoms with Crippen LogP contribution in [0, 0.1) is 11.6 Å². The molecule has 0 fully saturated rings. The molecule has 2 heterocycles. The zero-order chi connectivity index (χ0) is 12.9. The van der Waals surface area contributed by atoms with Gasteiger partial charge < -0.3 is 4.98 Å². The molecule has 0 unspecified atom stereocenters. The van der Waals surface area contributed by atoms with E-state index in [0.717, 1.165) is 6.07 Å². The second-order valence-electron chi connectivity index (χ2n) is 3.55. The van der Waals surface area contributed by atoms with Crippen LogP contribution in [0.3, 0.4) is 0 Å². The fourth-order valence-corrected chi connectivity index (χ4v) is 2.04. The molecule has 0 aliphatic rings. The SMILES string of the molecule is O=c1[nH]c(-c2c[nH]c3cc(F)c(Br)c(F)c23)no1. The van der Waals surface area contributed by atoms with Gasteiger partial charge in [0.25, 0.3) is 0 Å². The highest BCUT2D eigenvalue weighted by Gasteiger charge is 2.18. The maximum absolute atomic E-state index is 14.0. The molecule has 18 heavy (non-hydrogen) atoms. The molecule has 0 atom stereocenters. The van der Waals surface area contributed by atoms with Crippen molar-refractivity contribution in [1.29, 1.82) is 0 Å². The first-order valence-electron chi connectivity index (χ1n) is 4.79. The lowest BCUT2D eigenvalue weighted by atomic mass is 10.1. The Morgan fingerprint density at radius 3 is 2.83 bits per heavy atom. The topological polar surface area (TPSA) is 74.7 Å². The van der Waals surface area contributed by atoms with Crippen LogP contribution in [0.15, 0.2) is 26.1 Å². The molecule has 2 N–H and O–H groups in total. The first-order valence-corrected chi connectivity index (χ1v) is 5.58. The zero-order valence-corrected chi connectivity index (χ0v) is 10.1. The van der Waals surface area contributed by atoms with Crippen LogP contribution in [-0.4, -0.2) is 15.1 Å². The monoisotopic (exact) mass is 315 g/mol. The Morgan fingerprint density at radius 2 is 2.17 bits per heavy atom. The van der Waals surface area contributed by atoms with Crippen LogP contribution in [0.25, 0.3) is 22.3 Å². The van der Waals surface area contributed by atoms with E-state index in [-0.39, 0.29) is 26.8 Å². The van der Waals surface area contributed by atoms with Crippen LogP contribution in [0.1, 0.15) is 0 Å². The minimum atomic E-state index is -0.773. The van der Waals surface area contributed by atoms with Gasteiger partial charge in [0.05, 0.1) is 9.99 Å². The van der Waals surface area contributed by atoms with E-state index in [1.165, 1.54) is 6.20 Å². The Hall–Kier alpha value is -1.96. The standard InChI is InChI=1S/C10H4BrF2N3O2/c11-7-4(12)1-5-6(8(7)13)3(2-14-5)9-15-10(17)18-16-9/h1-2,14H,(H,15,16,17). The van der Waals surface area contributed by atoms with Crippen LogP contribution < -0.4 is 5.76 Å². The summed E-state index contributed by atoms with van der Waals surface area (Å²) in [5.41, 5.74) is 0.543. The Balaban J connectivity index is 2.39. The summed E-state index contributed by atoms with van der Waals surface area (Å²) in [5.74, 6) is -2.17. The predicted octanol–water partition coefficient (Wildman–Crippen LogP) is 2.55. The summed E-state index contributed by atoms with van der Waals surface area (Å²) in [6, 6.07) is 1.14. The summed E-state index contributed by atoms with van der Waals surface area (Å²) in [6.45, 7) is 0. The van der Waals surface area contributed by atoms with Gasteiger partial charge in [-0.25, -0.2) is 13.6 Å². The fraction of sp³-hybridized carbons (Fsp3) is 0.